The molecule has 2 N–H and O–H groups in total. The first-order chi connectivity index (χ1) is 6.99. The summed E-state index contributed by atoms with van der Waals surface area (Å²) >= 11 is 0. The molecule has 0 fully saturated rings. The summed E-state index contributed by atoms with van der Waals surface area (Å²) in [7, 11) is 0. The molecule has 0 unspecified atom stereocenters. The van der Waals surface area contributed by atoms with Crippen molar-refractivity contribution in [2.24, 2.45) is 0 Å². The lowest BCUT2D eigenvalue weighted by atomic mass is 10.2. The van der Waals surface area contributed by atoms with Crippen LogP contribution in [-0.4, -0.2) is 10.9 Å². The van der Waals surface area contributed by atoms with E-state index in [9.17, 15) is 9.90 Å². The number of hydrogen-bond acceptors (Lipinski definition) is 3. The van der Waals surface area contributed by atoms with Gasteiger partial charge >= 0.3 is 0 Å². The molecule has 15 heavy (non-hydrogen) atoms. The molecule has 1 aromatic rings. The zero-order valence-corrected chi connectivity index (χ0v) is 9.16. The zero-order valence-electron chi connectivity index (χ0n) is 9.16. The number of rotatable bonds is 3. The van der Waals surface area contributed by atoms with E-state index in [0.717, 1.165) is 5.56 Å². The highest BCUT2D eigenvalue weighted by Gasteiger charge is 2.01. The van der Waals surface area contributed by atoms with Crippen LogP contribution in [0.5, 0.6) is 5.75 Å². The van der Waals surface area contributed by atoms with Gasteiger partial charge in [-0.1, -0.05) is 6.07 Å². The van der Waals surface area contributed by atoms with Gasteiger partial charge in [-0.05, 0) is 44.5 Å². The molecule has 0 saturated carbocycles. The van der Waals surface area contributed by atoms with E-state index in [1.165, 1.54) is 13.0 Å². The van der Waals surface area contributed by atoms with Crippen LogP contribution >= 0.6 is 0 Å². The quantitative estimate of drug-likeness (QED) is 0.589. The van der Waals surface area contributed by atoms with E-state index >= 15 is 0 Å². The maximum Gasteiger partial charge on any atom is 0.154 e. The van der Waals surface area contributed by atoms with Gasteiger partial charge in [0.2, 0.25) is 0 Å². The van der Waals surface area contributed by atoms with Crippen molar-refractivity contribution in [1.29, 1.82) is 0 Å². The molecule has 1 aromatic carbocycles. The van der Waals surface area contributed by atoms with Crippen LogP contribution in [0.15, 0.2) is 30.0 Å². The topological polar surface area (TPSA) is 49.3 Å². The minimum Gasteiger partial charge on any atom is -0.506 e. The monoisotopic (exact) mass is 205 g/mol. The number of phenols is 1. The van der Waals surface area contributed by atoms with E-state index in [0.29, 0.717) is 11.4 Å². The predicted molar refractivity (Wildman–Crippen MR) is 60.9 cm³/mol. The van der Waals surface area contributed by atoms with Crippen molar-refractivity contribution in [1.82, 2.24) is 0 Å². The van der Waals surface area contributed by atoms with Crippen molar-refractivity contribution in [2.45, 2.75) is 20.8 Å². The molecule has 0 aromatic heterocycles. The number of carbonyl (C=O) groups excluding carboxylic acids is 1. The van der Waals surface area contributed by atoms with Gasteiger partial charge < -0.3 is 10.4 Å². The molecule has 0 amide bonds. The lowest BCUT2D eigenvalue weighted by Crippen LogP contribution is -1.98. The summed E-state index contributed by atoms with van der Waals surface area (Å²) in [6.07, 6.45) is 1.49. The van der Waals surface area contributed by atoms with Gasteiger partial charge in [0.15, 0.2) is 5.78 Å². The van der Waals surface area contributed by atoms with Gasteiger partial charge in [-0.3, -0.25) is 4.79 Å². The van der Waals surface area contributed by atoms with Crippen molar-refractivity contribution in [3.8, 4) is 5.75 Å². The van der Waals surface area contributed by atoms with Crippen LogP contribution in [0.2, 0.25) is 0 Å². The lowest BCUT2D eigenvalue weighted by molar-refractivity contribution is -0.112. The fraction of sp³-hybridized carbons (Fsp3) is 0.250. The number of nitrogens with one attached hydrogen (secondary N) is 1. The first kappa shape index (κ1) is 11.3. The van der Waals surface area contributed by atoms with Gasteiger partial charge in [0.25, 0.3) is 0 Å². The first-order valence-corrected chi connectivity index (χ1v) is 4.74. The van der Waals surface area contributed by atoms with Crippen molar-refractivity contribution >= 4 is 11.5 Å². The third kappa shape index (κ3) is 3.46. The Bertz CT molecular complexity index is 408. The third-order valence-electron chi connectivity index (χ3n) is 1.90. The Hall–Kier alpha value is -1.77. The number of carbonyl (C=O) groups is 1. The summed E-state index contributed by atoms with van der Waals surface area (Å²) in [5.74, 6) is 0.157. The molecule has 0 heterocycles. The predicted octanol–water partition coefficient (Wildman–Crippen LogP) is 2.61. The van der Waals surface area contributed by atoms with Crippen molar-refractivity contribution in [2.75, 3.05) is 5.32 Å². The van der Waals surface area contributed by atoms with E-state index in [4.69, 9.17) is 0 Å². The number of allylic oxidation sites excluding steroid dienone is 2. The summed E-state index contributed by atoms with van der Waals surface area (Å²) in [6, 6.07) is 5.27. The second-order valence-corrected chi connectivity index (χ2v) is 3.58. The second-order valence-electron chi connectivity index (χ2n) is 3.58. The molecule has 0 aliphatic heterocycles. The van der Waals surface area contributed by atoms with Crippen molar-refractivity contribution in [3.63, 3.8) is 0 Å². The largest absolute Gasteiger partial charge is 0.506 e. The standard InChI is InChI=1S/C12H15NO2/c1-8-4-5-12(15)11(6-8)13-9(2)7-10(3)14/h4-7,13,15H,1-3H3. The molecule has 80 valence electrons. The molecule has 0 saturated heterocycles. The SMILES string of the molecule is CC(=O)C=C(C)Nc1cc(C)ccc1O. The normalized spacial score (nSPS) is 11.3. The van der Waals surface area contributed by atoms with Crippen LogP contribution in [0.3, 0.4) is 0 Å². The number of hydrogen-bond donors (Lipinski definition) is 2. The maximum absolute atomic E-state index is 10.8. The van der Waals surface area contributed by atoms with E-state index < -0.39 is 0 Å². The summed E-state index contributed by atoms with van der Waals surface area (Å²) in [5, 5.41) is 12.5. The first-order valence-electron chi connectivity index (χ1n) is 4.74. The van der Waals surface area contributed by atoms with Gasteiger partial charge in [0, 0.05) is 5.70 Å². The molecule has 0 atom stereocenters. The fourth-order valence-electron chi connectivity index (χ4n) is 1.30. The summed E-state index contributed by atoms with van der Waals surface area (Å²) in [4.78, 5) is 10.8. The molecular weight excluding hydrogens is 190 g/mol. The number of anilines is 1. The Labute approximate surface area is 89.4 Å². The number of aromatic hydroxyl groups is 1. The van der Waals surface area contributed by atoms with Gasteiger partial charge in [-0.15, -0.1) is 0 Å². The molecule has 0 radical (unpaired) electrons. The number of benzene rings is 1. The van der Waals surface area contributed by atoms with Crippen LogP contribution in [-0.2, 0) is 4.79 Å². The van der Waals surface area contributed by atoms with Crippen LogP contribution in [0, 0.1) is 6.92 Å². The molecule has 0 spiro atoms. The highest BCUT2D eigenvalue weighted by molar-refractivity contribution is 5.88. The van der Waals surface area contributed by atoms with E-state index in [1.807, 2.05) is 19.1 Å². The van der Waals surface area contributed by atoms with Crippen LogP contribution < -0.4 is 5.32 Å². The highest BCUT2D eigenvalue weighted by atomic mass is 16.3. The minimum atomic E-state index is -0.0212. The number of ketones is 1. The molecule has 3 heteroatoms. The van der Waals surface area contributed by atoms with Gasteiger partial charge in [0.1, 0.15) is 5.75 Å². The van der Waals surface area contributed by atoms with E-state index in [-0.39, 0.29) is 11.5 Å². The van der Waals surface area contributed by atoms with Crippen molar-refractivity contribution < 1.29 is 9.90 Å². The Kier molecular flexibility index (Phi) is 3.50. The minimum absolute atomic E-state index is 0.0212. The highest BCUT2D eigenvalue weighted by Crippen LogP contribution is 2.24. The van der Waals surface area contributed by atoms with E-state index in [2.05, 4.69) is 5.32 Å². The third-order valence-corrected chi connectivity index (χ3v) is 1.90. The van der Waals surface area contributed by atoms with Gasteiger partial charge in [0.05, 0.1) is 5.69 Å². The Morgan fingerprint density at radius 3 is 2.67 bits per heavy atom. The maximum atomic E-state index is 10.8. The zero-order chi connectivity index (χ0) is 11.4. The van der Waals surface area contributed by atoms with Crippen LogP contribution in [0.4, 0.5) is 5.69 Å². The Balaban J connectivity index is 2.89. The van der Waals surface area contributed by atoms with Crippen LogP contribution in [0.25, 0.3) is 0 Å². The Morgan fingerprint density at radius 2 is 2.07 bits per heavy atom. The molecule has 3 nitrogen and oxygen atoms in total. The summed E-state index contributed by atoms with van der Waals surface area (Å²) in [6.45, 7) is 5.21. The summed E-state index contributed by atoms with van der Waals surface area (Å²) in [5.41, 5.74) is 2.37. The van der Waals surface area contributed by atoms with E-state index in [1.54, 1.807) is 13.0 Å². The Morgan fingerprint density at radius 1 is 1.40 bits per heavy atom. The van der Waals surface area contributed by atoms with Gasteiger partial charge in [-0.2, -0.15) is 0 Å². The lowest BCUT2D eigenvalue weighted by Gasteiger charge is -2.09. The average Bonchev–Trinajstić information content (AvgIpc) is 2.10. The number of aryl methyl sites for hydroxylation is 1. The average molecular weight is 205 g/mol. The molecule has 0 aliphatic carbocycles. The molecular formula is C12H15NO2. The summed E-state index contributed by atoms with van der Waals surface area (Å²) < 4.78 is 0. The van der Waals surface area contributed by atoms with Crippen LogP contribution in [0.1, 0.15) is 19.4 Å². The van der Waals surface area contributed by atoms with Gasteiger partial charge in [-0.25, -0.2) is 0 Å². The molecule has 1 rings (SSSR count). The smallest absolute Gasteiger partial charge is 0.154 e. The van der Waals surface area contributed by atoms with Crippen molar-refractivity contribution in [3.05, 3.63) is 35.5 Å². The molecule has 0 bridgehead atoms. The molecule has 0 aliphatic rings. The second kappa shape index (κ2) is 4.64. The number of phenolic OH excluding ortho intramolecular Hbond substituents is 1. The fourth-order valence-corrected chi connectivity index (χ4v) is 1.30.